The predicted octanol–water partition coefficient (Wildman–Crippen LogP) is 4.35. The standard InChI is InChI=1S/C19H21N3O3S3/c1-3-13-7-5-6-8-15(13)20-18(23)12-26-19-21-16-10-9-14(11-17(16)27-19)22-28(24,25)4-2/h5-11,22H,3-4,12H2,1-2H3,(H,20,23). The molecule has 2 N–H and O–H groups in total. The highest BCUT2D eigenvalue weighted by atomic mass is 32.2. The number of benzene rings is 2. The molecule has 6 nitrogen and oxygen atoms in total. The lowest BCUT2D eigenvalue weighted by molar-refractivity contribution is -0.113. The third-order valence-corrected chi connectivity index (χ3v) is 7.49. The summed E-state index contributed by atoms with van der Waals surface area (Å²) in [5.74, 6) is 0.194. The summed E-state index contributed by atoms with van der Waals surface area (Å²) in [6.45, 7) is 3.64. The molecule has 0 saturated carbocycles. The number of aryl methyl sites for hydroxylation is 1. The van der Waals surface area contributed by atoms with Crippen molar-refractivity contribution >= 4 is 60.6 Å². The molecule has 1 heterocycles. The van der Waals surface area contributed by atoms with Crippen LogP contribution in [0.15, 0.2) is 46.8 Å². The number of para-hydroxylation sites is 1. The van der Waals surface area contributed by atoms with Gasteiger partial charge in [-0.25, -0.2) is 13.4 Å². The van der Waals surface area contributed by atoms with Gasteiger partial charge in [0.2, 0.25) is 15.9 Å². The molecule has 0 bridgehead atoms. The highest BCUT2D eigenvalue weighted by Crippen LogP contribution is 2.31. The van der Waals surface area contributed by atoms with Gasteiger partial charge in [-0.15, -0.1) is 11.3 Å². The maximum atomic E-state index is 12.3. The van der Waals surface area contributed by atoms with Crippen molar-refractivity contribution in [1.29, 1.82) is 0 Å². The van der Waals surface area contributed by atoms with Gasteiger partial charge in [0, 0.05) is 5.69 Å². The molecule has 0 radical (unpaired) electrons. The van der Waals surface area contributed by atoms with Crippen LogP contribution in [-0.2, 0) is 21.2 Å². The number of amides is 1. The van der Waals surface area contributed by atoms with Gasteiger partial charge in [-0.3, -0.25) is 9.52 Å². The van der Waals surface area contributed by atoms with Crippen LogP contribution in [0, 0.1) is 0 Å². The highest BCUT2D eigenvalue weighted by molar-refractivity contribution is 8.01. The molecular weight excluding hydrogens is 414 g/mol. The van der Waals surface area contributed by atoms with E-state index >= 15 is 0 Å². The topological polar surface area (TPSA) is 88.2 Å². The van der Waals surface area contributed by atoms with Crippen molar-refractivity contribution in [2.45, 2.75) is 24.6 Å². The van der Waals surface area contributed by atoms with E-state index < -0.39 is 10.0 Å². The maximum absolute atomic E-state index is 12.3. The van der Waals surface area contributed by atoms with E-state index in [9.17, 15) is 13.2 Å². The lowest BCUT2D eigenvalue weighted by atomic mass is 10.1. The van der Waals surface area contributed by atoms with Crippen LogP contribution < -0.4 is 10.0 Å². The van der Waals surface area contributed by atoms with E-state index in [2.05, 4.69) is 21.9 Å². The van der Waals surface area contributed by atoms with Crippen LogP contribution in [0.3, 0.4) is 0 Å². The van der Waals surface area contributed by atoms with Crippen molar-refractivity contribution in [3.8, 4) is 0 Å². The molecule has 0 spiro atoms. The zero-order chi connectivity index (χ0) is 20.1. The molecule has 1 aromatic heterocycles. The lowest BCUT2D eigenvalue weighted by Crippen LogP contribution is -2.15. The number of nitrogens with one attached hydrogen (secondary N) is 2. The van der Waals surface area contributed by atoms with Gasteiger partial charge in [-0.1, -0.05) is 36.9 Å². The smallest absolute Gasteiger partial charge is 0.234 e. The third kappa shape index (κ3) is 5.24. The van der Waals surface area contributed by atoms with Crippen molar-refractivity contribution in [3.05, 3.63) is 48.0 Å². The van der Waals surface area contributed by atoms with Crippen molar-refractivity contribution in [2.75, 3.05) is 21.5 Å². The monoisotopic (exact) mass is 435 g/mol. The number of rotatable bonds is 8. The van der Waals surface area contributed by atoms with E-state index in [0.717, 1.165) is 32.2 Å². The molecule has 3 rings (SSSR count). The molecule has 0 fully saturated rings. The summed E-state index contributed by atoms with van der Waals surface area (Å²) in [6, 6.07) is 13.0. The molecule has 0 aliphatic carbocycles. The van der Waals surface area contributed by atoms with Crippen molar-refractivity contribution < 1.29 is 13.2 Å². The highest BCUT2D eigenvalue weighted by Gasteiger charge is 2.12. The van der Waals surface area contributed by atoms with Gasteiger partial charge < -0.3 is 5.32 Å². The first-order valence-electron chi connectivity index (χ1n) is 8.82. The van der Waals surface area contributed by atoms with Crippen molar-refractivity contribution in [1.82, 2.24) is 4.98 Å². The fourth-order valence-corrected chi connectivity index (χ4v) is 5.08. The number of hydrogen-bond donors (Lipinski definition) is 2. The van der Waals surface area contributed by atoms with Gasteiger partial charge in [0.05, 0.1) is 27.4 Å². The van der Waals surface area contributed by atoms with Crippen LogP contribution in [0.4, 0.5) is 11.4 Å². The van der Waals surface area contributed by atoms with E-state index in [1.807, 2.05) is 24.3 Å². The van der Waals surface area contributed by atoms with Crippen molar-refractivity contribution in [3.63, 3.8) is 0 Å². The number of sulfonamides is 1. The Balaban J connectivity index is 1.65. The summed E-state index contributed by atoms with van der Waals surface area (Å²) in [4.78, 5) is 16.8. The number of aromatic nitrogens is 1. The molecule has 0 aliphatic rings. The summed E-state index contributed by atoms with van der Waals surface area (Å²) in [5.41, 5.74) is 3.24. The SMILES string of the molecule is CCc1ccccc1NC(=O)CSc1nc2ccc(NS(=O)(=O)CC)cc2s1. The normalized spacial score (nSPS) is 11.5. The van der Waals surface area contributed by atoms with E-state index in [1.54, 1.807) is 25.1 Å². The average molecular weight is 436 g/mol. The fraction of sp³-hybridized carbons (Fsp3) is 0.263. The predicted molar refractivity (Wildman–Crippen MR) is 118 cm³/mol. The molecule has 2 aromatic carbocycles. The first kappa shape index (κ1) is 20.6. The van der Waals surface area contributed by atoms with E-state index in [0.29, 0.717) is 5.69 Å². The first-order chi connectivity index (χ1) is 13.4. The summed E-state index contributed by atoms with van der Waals surface area (Å²) in [5, 5.41) is 2.95. The third-order valence-electron chi connectivity index (χ3n) is 4.02. The molecule has 148 valence electrons. The van der Waals surface area contributed by atoms with Crippen LogP contribution in [0.25, 0.3) is 10.2 Å². The summed E-state index contributed by atoms with van der Waals surface area (Å²) >= 11 is 2.81. The minimum absolute atomic E-state index is 0.0189. The number of anilines is 2. The summed E-state index contributed by atoms with van der Waals surface area (Å²) < 4.78 is 27.6. The Morgan fingerprint density at radius 1 is 1.18 bits per heavy atom. The molecular formula is C19H21N3O3S3. The Kier molecular flexibility index (Phi) is 6.58. The minimum atomic E-state index is -3.32. The number of thiazole rings is 1. The first-order valence-corrected chi connectivity index (χ1v) is 12.3. The Labute approximate surface area is 172 Å². The fourth-order valence-electron chi connectivity index (χ4n) is 2.54. The van der Waals surface area contributed by atoms with Crippen LogP contribution in [0.5, 0.6) is 0 Å². The molecule has 28 heavy (non-hydrogen) atoms. The maximum Gasteiger partial charge on any atom is 0.234 e. The Morgan fingerprint density at radius 3 is 2.71 bits per heavy atom. The number of carbonyl (C=O) groups is 1. The average Bonchev–Trinajstić information content (AvgIpc) is 3.09. The van der Waals surface area contributed by atoms with Gasteiger partial charge in [-0.2, -0.15) is 0 Å². The zero-order valence-corrected chi connectivity index (χ0v) is 18.0. The molecule has 1 amide bonds. The summed E-state index contributed by atoms with van der Waals surface area (Å²) in [7, 11) is -3.32. The quantitative estimate of drug-likeness (QED) is 0.514. The van der Waals surface area contributed by atoms with Gasteiger partial charge >= 0.3 is 0 Å². The second kappa shape index (κ2) is 8.93. The molecule has 0 saturated heterocycles. The Hall–Kier alpha value is -2.10. The van der Waals surface area contributed by atoms with Crippen LogP contribution in [0.1, 0.15) is 19.4 Å². The largest absolute Gasteiger partial charge is 0.325 e. The van der Waals surface area contributed by atoms with E-state index in [1.165, 1.54) is 23.1 Å². The number of carbonyl (C=O) groups excluding carboxylic acids is 1. The van der Waals surface area contributed by atoms with E-state index in [-0.39, 0.29) is 17.4 Å². The molecule has 0 atom stereocenters. The Bertz CT molecular complexity index is 1090. The number of nitrogens with zero attached hydrogens (tertiary/aromatic N) is 1. The van der Waals surface area contributed by atoms with Crippen LogP contribution in [-0.4, -0.2) is 30.8 Å². The second-order valence-corrected chi connectivity index (χ2v) is 10.3. The van der Waals surface area contributed by atoms with Crippen LogP contribution >= 0.6 is 23.1 Å². The summed E-state index contributed by atoms with van der Waals surface area (Å²) in [6.07, 6.45) is 0.853. The second-order valence-electron chi connectivity index (χ2n) is 6.02. The molecule has 9 heteroatoms. The van der Waals surface area contributed by atoms with Gasteiger partial charge in [0.25, 0.3) is 0 Å². The zero-order valence-electron chi connectivity index (χ0n) is 15.6. The van der Waals surface area contributed by atoms with E-state index in [4.69, 9.17) is 0 Å². The number of hydrogen-bond acceptors (Lipinski definition) is 6. The van der Waals surface area contributed by atoms with Gasteiger partial charge in [-0.05, 0) is 43.2 Å². The molecule has 0 aliphatic heterocycles. The molecule has 0 unspecified atom stereocenters. The molecule has 3 aromatic rings. The minimum Gasteiger partial charge on any atom is -0.325 e. The van der Waals surface area contributed by atoms with Crippen LogP contribution in [0.2, 0.25) is 0 Å². The van der Waals surface area contributed by atoms with Gasteiger partial charge in [0.1, 0.15) is 0 Å². The van der Waals surface area contributed by atoms with Gasteiger partial charge in [0.15, 0.2) is 4.34 Å². The van der Waals surface area contributed by atoms with Crippen molar-refractivity contribution in [2.24, 2.45) is 0 Å². The number of thioether (sulfide) groups is 1. The Morgan fingerprint density at radius 2 is 1.96 bits per heavy atom. The lowest BCUT2D eigenvalue weighted by Gasteiger charge is -2.08. The number of fused-ring (bicyclic) bond motifs is 1.